The average molecular weight is 595 g/mol. The van der Waals surface area contributed by atoms with Gasteiger partial charge in [-0.2, -0.15) is 5.10 Å². The van der Waals surface area contributed by atoms with Gasteiger partial charge in [0.2, 0.25) is 0 Å². The highest BCUT2D eigenvalue weighted by molar-refractivity contribution is 6.01. The minimum Gasteiger partial charge on any atom is -0.494 e. The number of aromatic nitrogens is 5. The van der Waals surface area contributed by atoms with Crippen molar-refractivity contribution in [3.63, 3.8) is 0 Å². The van der Waals surface area contributed by atoms with Crippen molar-refractivity contribution in [3.05, 3.63) is 54.4 Å². The van der Waals surface area contributed by atoms with Crippen LogP contribution in [0.1, 0.15) is 56.3 Å². The number of amides is 1. The number of para-hydroxylation sites is 1. The first-order valence-electron chi connectivity index (χ1n) is 16.0. The second-order valence-corrected chi connectivity index (χ2v) is 12.8. The van der Waals surface area contributed by atoms with Crippen LogP contribution in [0, 0.1) is 11.8 Å². The van der Waals surface area contributed by atoms with E-state index >= 15 is 0 Å². The summed E-state index contributed by atoms with van der Waals surface area (Å²) in [4.78, 5) is 20.9. The summed E-state index contributed by atoms with van der Waals surface area (Å²) in [6, 6.07) is 12.5. The van der Waals surface area contributed by atoms with Gasteiger partial charge in [-0.25, -0.2) is 4.98 Å². The molecule has 1 aliphatic heterocycles. The van der Waals surface area contributed by atoms with Gasteiger partial charge < -0.3 is 23.9 Å². The number of imidazole rings is 1. The van der Waals surface area contributed by atoms with Crippen LogP contribution in [0.2, 0.25) is 0 Å². The van der Waals surface area contributed by atoms with Crippen molar-refractivity contribution in [1.82, 2.24) is 28.8 Å². The molecule has 4 heterocycles. The summed E-state index contributed by atoms with van der Waals surface area (Å²) in [5.41, 5.74) is 6.62. The zero-order valence-corrected chi connectivity index (χ0v) is 26.2. The molecular formula is C35H42N6O3. The number of hydrogen-bond acceptors (Lipinski definition) is 5. The van der Waals surface area contributed by atoms with E-state index in [9.17, 15) is 9.90 Å². The van der Waals surface area contributed by atoms with E-state index in [0.29, 0.717) is 29.7 Å². The normalized spacial score (nSPS) is 17.9. The lowest BCUT2D eigenvalue weighted by atomic mass is 9.95. The molecule has 0 spiro atoms. The molecule has 2 atom stereocenters. The number of hydrogen-bond donors (Lipinski definition) is 1. The van der Waals surface area contributed by atoms with E-state index in [4.69, 9.17) is 9.72 Å². The average Bonchev–Trinajstić information content (AvgIpc) is 3.45. The Bertz CT molecular complexity index is 1840. The third-order valence-corrected chi connectivity index (χ3v) is 9.47. The molecule has 0 unspecified atom stereocenters. The van der Waals surface area contributed by atoms with E-state index in [0.717, 1.165) is 77.1 Å². The van der Waals surface area contributed by atoms with Crippen LogP contribution < -0.4 is 4.74 Å². The highest BCUT2D eigenvalue weighted by Crippen LogP contribution is 2.40. The monoisotopic (exact) mass is 594 g/mol. The topological polar surface area (TPSA) is 90.3 Å². The highest BCUT2D eigenvalue weighted by Gasteiger charge is 2.29. The van der Waals surface area contributed by atoms with E-state index < -0.39 is 6.10 Å². The number of rotatable bonds is 9. The van der Waals surface area contributed by atoms with Gasteiger partial charge >= 0.3 is 0 Å². The summed E-state index contributed by atoms with van der Waals surface area (Å²) < 4.78 is 12.2. The number of benzene rings is 2. The molecule has 1 saturated heterocycles. The Morgan fingerprint density at radius 3 is 2.73 bits per heavy atom. The number of aliphatic hydroxyl groups is 1. The van der Waals surface area contributed by atoms with Gasteiger partial charge in [-0.1, -0.05) is 31.5 Å². The summed E-state index contributed by atoms with van der Waals surface area (Å²) in [7, 11) is 3.70. The SMILES string of the molecule is CC[C@@H]1CCCN(C(=O)c2cc(OC)c3c(c2)nc(-c2cc4cccc(-c5cnn(C[C@@H](C)O)c5)c4n2CC2CC2)n3C)C1. The fourth-order valence-electron chi connectivity index (χ4n) is 6.95. The number of aryl methyl sites for hydroxylation is 1. The fraction of sp³-hybridized carbons (Fsp3) is 0.457. The first-order valence-corrected chi connectivity index (χ1v) is 16.0. The number of likely N-dealkylation sites (tertiary alicyclic amines) is 1. The predicted molar refractivity (Wildman–Crippen MR) is 173 cm³/mol. The van der Waals surface area contributed by atoms with Crippen LogP contribution in [0.15, 0.2) is 48.8 Å². The minimum absolute atomic E-state index is 0.0548. The number of carbonyl (C=O) groups excluding carboxylic acids is 1. The predicted octanol–water partition coefficient (Wildman–Crippen LogP) is 6.12. The van der Waals surface area contributed by atoms with Crippen LogP contribution in [-0.2, 0) is 20.1 Å². The summed E-state index contributed by atoms with van der Waals surface area (Å²) >= 11 is 0. The number of ether oxygens (including phenoxy) is 1. The van der Waals surface area contributed by atoms with E-state index in [2.05, 4.69) is 45.4 Å². The molecule has 2 aliphatic rings. The van der Waals surface area contributed by atoms with E-state index in [-0.39, 0.29) is 5.91 Å². The number of nitrogens with zero attached hydrogens (tertiary/aromatic N) is 6. The van der Waals surface area contributed by atoms with E-state index in [1.807, 2.05) is 36.5 Å². The second kappa shape index (κ2) is 11.4. The third kappa shape index (κ3) is 5.17. The molecule has 7 rings (SSSR count). The lowest BCUT2D eigenvalue weighted by Crippen LogP contribution is -2.39. The Balaban J connectivity index is 1.34. The van der Waals surface area contributed by atoms with E-state index in [1.54, 1.807) is 18.7 Å². The van der Waals surface area contributed by atoms with Gasteiger partial charge in [0.05, 0.1) is 42.7 Å². The van der Waals surface area contributed by atoms with Crippen LogP contribution in [0.4, 0.5) is 0 Å². The van der Waals surface area contributed by atoms with Gasteiger partial charge in [-0.05, 0) is 62.6 Å². The molecule has 0 bridgehead atoms. The van der Waals surface area contributed by atoms with Gasteiger partial charge in [0, 0.05) is 55.0 Å². The molecule has 9 heteroatoms. The first kappa shape index (κ1) is 28.6. The molecule has 1 aliphatic carbocycles. The molecule has 2 aromatic carbocycles. The first-order chi connectivity index (χ1) is 21.3. The minimum atomic E-state index is -0.470. The third-order valence-electron chi connectivity index (χ3n) is 9.47. The number of piperidine rings is 1. The zero-order chi connectivity index (χ0) is 30.5. The molecule has 3 aromatic heterocycles. The van der Waals surface area contributed by atoms with Gasteiger partial charge in [0.15, 0.2) is 5.82 Å². The molecular weight excluding hydrogens is 552 g/mol. The van der Waals surface area contributed by atoms with Crippen molar-refractivity contribution in [2.45, 2.75) is 65.1 Å². The lowest BCUT2D eigenvalue weighted by molar-refractivity contribution is 0.0671. The highest BCUT2D eigenvalue weighted by atomic mass is 16.5. The zero-order valence-electron chi connectivity index (χ0n) is 26.2. The van der Waals surface area contributed by atoms with Crippen molar-refractivity contribution < 1.29 is 14.6 Å². The summed E-state index contributed by atoms with van der Waals surface area (Å²) in [5, 5.41) is 15.6. The van der Waals surface area contributed by atoms with Crippen molar-refractivity contribution in [2.24, 2.45) is 18.9 Å². The molecule has 1 N–H and O–H groups in total. The van der Waals surface area contributed by atoms with E-state index in [1.165, 1.54) is 19.3 Å². The second-order valence-electron chi connectivity index (χ2n) is 12.8. The van der Waals surface area contributed by atoms with Crippen molar-refractivity contribution in [3.8, 4) is 28.4 Å². The quantitative estimate of drug-likeness (QED) is 0.222. The standard InChI is InChI=1S/C35H42N6O3/c1-5-23-8-7-13-39(19-23)35(43)26-14-29-33(31(16-26)44-4)38(3)34(37-29)30-15-25-9-6-10-28(32(25)41(30)20-24-11-12-24)27-17-36-40(21-27)18-22(2)42/h6,9-10,14-17,21-24,42H,5,7-8,11-13,18-20H2,1-4H3/t22-,23-/m1/s1. The Hall–Kier alpha value is -4.11. The summed E-state index contributed by atoms with van der Waals surface area (Å²) in [5.74, 6) is 2.76. The van der Waals surface area contributed by atoms with Gasteiger partial charge in [-0.3, -0.25) is 9.48 Å². The number of aliphatic hydroxyl groups excluding tert-OH is 1. The maximum atomic E-state index is 13.7. The maximum absolute atomic E-state index is 13.7. The maximum Gasteiger partial charge on any atom is 0.254 e. The molecule has 230 valence electrons. The van der Waals surface area contributed by atoms with Gasteiger partial charge in [-0.15, -0.1) is 0 Å². The molecule has 44 heavy (non-hydrogen) atoms. The Morgan fingerprint density at radius 1 is 1.14 bits per heavy atom. The Kier molecular flexibility index (Phi) is 7.44. The van der Waals surface area contributed by atoms with Crippen molar-refractivity contribution in [2.75, 3.05) is 20.2 Å². The van der Waals surface area contributed by atoms with Crippen molar-refractivity contribution >= 4 is 27.8 Å². The fourth-order valence-corrected chi connectivity index (χ4v) is 6.95. The Morgan fingerprint density at radius 2 is 1.98 bits per heavy atom. The molecule has 5 aromatic rings. The molecule has 9 nitrogen and oxygen atoms in total. The molecule has 2 fully saturated rings. The summed E-state index contributed by atoms with van der Waals surface area (Å²) in [6.45, 7) is 6.95. The molecule has 1 amide bonds. The van der Waals surface area contributed by atoms with Crippen LogP contribution in [0.25, 0.3) is 44.6 Å². The molecule has 0 radical (unpaired) electrons. The van der Waals surface area contributed by atoms with Crippen molar-refractivity contribution in [1.29, 1.82) is 0 Å². The Labute approximate surface area is 258 Å². The number of carbonyl (C=O) groups is 1. The van der Waals surface area contributed by atoms with Crippen LogP contribution in [0.3, 0.4) is 0 Å². The van der Waals surface area contributed by atoms with Crippen LogP contribution in [0.5, 0.6) is 5.75 Å². The lowest BCUT2D eigenvalue weighted by Gasteiger charge is -2.32. The van der Waals surface area contributed by atoms with Gasteiger partial charge in [0.1, 0.15) is 11.3 Å². The van der Waals surface area contributed by atoms with Gasteiger partial charge in [0.25, 0.3) is 5.91 Å². The van der Waals surface area contributed by atoms with Crippen LogP contribution in [-0.4, -0.2) is 66.1 Å². The molecule has 1 saturated carbocycles. The smallest absolute Gasteiger partial charge is 0.254 e. The largest absolute Gasteiger partial charge is 0.494 e. The van der Waals surface area contributed by atoms with Crippen LogP contribution >= 0.6 is 0 Å². The summed E-state index contributed by atoms with van der Waals surface area (Å²) in [6.07, 6.45) is 9.21. The number of fused-ring (bicyclic) bond motifs is 2. The number of methoxy groups -OCH3 is 1.